The summed E-state index contributed by atoms with van der Waals surface area (Å²) in [5, 5.41) is 11.3. The van der Waals surface area contributed by atoms with Gasteiger partial charge in [-0.1, -0.05) is 12.1 Å². The van der Waals surface area contributed by atoms with Gasteiger partial charge in [0.2, 0.25) is 5.88 Å². The third-order valence-corrected chi connectivity index (χ3v) is 1.46. The van der Waals surface area contributed by atoms with E-state index in [0.29, 0.717) is 6.61 Å². The number of rotatable bonds is 4. The second-order valence-electron chi connectivity index (χ2n) is 2.54. The van der Waals surface area contributed by atoms with E-state index >= 15 is 0 Å². The van der Waals surface area contributed by atoms with Crippen LogP contribution in [0, 0.1) is 0 Å². The van der Waals surface area contributed by atoms with Crippen molar-refractivity contribution < 1.29 is 9.94 Å². The predicted molar refractivity (Wildman–Crippen MR) is 50.3 cm³/mol. The first-order valence-corrected chi connectivity index (χ1v) is 4.21. The molecule has 0 spiro atoms. The van der Waals surface area contributed by atoms with Gasteiger partial charge in [0, 0.05) is 12.4 Å². The van der Waals surface area contributed by atoms with E-state index < -0.39 is 0 Å². The maximum Gasteiger partial charge on any atom is 0.243 e. The number of hydrogen-bond acceptors (Lipinski definition) is 5. The van der Waals surface area contributed by atoms with Crippen molar-refractivity contribution in [1.82, 2.24) is 9.97 Å². The molecule has 0 saturated carbocycles. The quantitative estimate of drug-likeness (QED) is 0.314. The number of ether oxygens (including phenoxy) is 1. The van der Waals surface area contributed by atoms with E-state index in [1.165, 1.54) is 12.4 Å². The SMILES string of the molecule is CCCOc1nccnc1C(N)=NO. The minimum atomic E-state index is -0.107. The normalized spacial score (nSPS) is 11.4. The first kappa shape index (κ1) is 10.2. The summed E-state index contributed by atoms with van der Waals surface area (Å²) < 4.78 is 5.26. The fourth-order valence-corrected chi connectivity index (χ4v) is 0.853. The Balaban J connectivity index is 2.91. The fourth-order valence-electron chi connectivity index (χ4n) is 0.853. The van der Waals surface area contributed by atoms with Crippen molar-refractivity contribution in [3.8, 4) is 5.88 Å². The first-order chi connectivity index (χ1) is 6.79. The molecular weight excluding hydrogens is 184 g/mol. The molecule has 1 aromatic heterocycles. The average molecular weight is 196 g/mol. The first-order valence-electron chi connectivity index (χ1n) is 4.21. The number of oxime groups is 1. The summed E-state index contributed by atoms with van der Waals surface area (Å²) in [6, 6.07) is 0. The van der Waals surface area contributed by atoms with Crippen molar-refractivity contribution in [2.45, 2.75) is 13.3 Å². The highest BCUT2D eigenvalue weighted by Gasteiger charge is 2.10. The molecule has 1 heterocycles. The molecule has 0 fully saturated rings. The van der Waals surface area contributed by atoms with Crippen LogP contribution in [0.3, 0.4) is 0 Å². The Morgan fingerprint density at radius 2 is 2.29 bits per heavy atom. The second-order valence-corrected chi connectivity index (χ2v) is 2.54. The summed E-state index contributed by atoms with van der Waals surface area (Å²) in [5.74, 6) is 0.175. The maximum absolute atomic E-state index is 8.48. The summed E-state index contributed by atoms with van der Waals surface area (Å²) in [7, 11) is 0. The molecular formula is C8H12N4O2. The van der Waals surface area contributed by atoms with Crippen LogP contribution in [0.15, 0.2) is 17.5 Å². The third-order valence-electron chi connectivity index (χ3n) is 1.46. The lowest BCUT2D eigenvalue weighted by Gasteiger charge is -2.06. The monoisotopic (exact) mass is 196 g/mol. The average Bonchev–Trinajstić information content (AvgIpc) is 2.25. The van der Waals surface area contributed by atoms with E-state index in [1.54, 1.807) is 0 Å². The van der Waals surface area contributed by atoms with Crippen LogP contribution in [0.4, 0.5) is 0 Å². The van der Waals surface area contributed by atoms with Crippen LogP contribution in [0.5, 0.6) is 5.88 Å². The van der Waals surface area contributed by atoms with Crippen LogP contribution in [-0.4, -0.2) is 27.6 Å². The van der Waals surface area contributed by atoms with Gasteiger partial charge in [0.05, 0.1) is 6.61 Å². The zero-order chi connectivity index (χ0) is 10.4. The molecule has 1 aromatic rings. The van der Waals surface area contributed by atoms with Gasteiger partial charge in [-0.3, -0.25) is 0 Å². The standard InChI is InChI=1S/C8H12N4O2/c1-2-5-14-8-6(7(9)12-13)10-3-4-11-8/h3-4,13H,2,5H2,1H3,(H2,9,12). The molecule has 0 atom stereocenters. The zero-order valence-electron chi connectivity index (χ0n) is 7.84. The topological polar surface area (TPSA) is 93.6 Å². The lowest BCUT2D eigenvalue weighted by Crippen LogP contribution is -2.17. The van der Waals surface area contributed by atoms with E-state index in [9.17, 15) is 0 Å². The molecule has 0 bridgehead atoms. The van der Waals surface area contributed by atoms with Gasteiger partial charge in [0.15, 0.2) is 11.5 Å². The molecule has 6 nitrogen and oxygen atoms in total. The van der Waals surface area contributed by atoms with Crippen LogP contribution >= 0.6 is 0 Å². The van der Waals surface area contributed by atoms with E-state index in [-0.39, 0.29) is 17.4 Å². The Labute approximate surface area is 81.4 Å². The maximum atomic E-state index is 8.48. The van der Waals surface area contributed by atoms with Gasteiger partial charge in [-0.15, -0.1) is 0 Å². The van der Waals surface area contributed by atoms with Gasteiger partial charge in [-0.2, -0.15) is 0 Å². The van der Waals surface area contributed by atoms with E-state index in [0.717, 1.165) is 6.42 Å². The highest BCUT2D eigenvalue weighted by Crippen LogP contribution is 2.10. The van der Waals surface area contributed by atoms with E-state index in [1.807, 2.05) is 6.92 Å². The van der Waals surface area contributed by atoms with Crippen molar-refractivity contribution in [1.29, 1.82) is 0 Å². The molecule has 0 unspecified atom stereocenters. The molecule has 0 saturated heterocycles. The van der Waals surface area contributed by atoms with E-state index in [4.69, 9.17) is 15.7 Å². The van der Waals surface area contributed by atoms with Crippen molar-refractivity contribution in [2.75, 3.05) is 6.61 Å². The molecule has 0 amide bonds. The predicted octanol–water partition coefficient (Wildman–Crippen LogP) is 0.360. The van der Waals surface area contributed by atoms with Gasteiger partial charge >= 0.3 is 0 Å². The summed E-state index contributed by atoms with van der Waals surface area (Å²) >= 11 is 0. The lowest BCUT2D eigenvalue weighted by molar-refractivity contribution is 0.300. The highest BCUT2D eigenvalue weighted by molar-refractivity contribution is 5.97. The summed E-state index contributed by atoms with van der Waals surface area (Å²) in [4.78, 5) is 7.83. The zero-order valence-corrected chi connectivity index (χ0v) is 7.84. The highest BCUT2D eigenvalue weighted by atomic mass is 16.5. The molecule has 0 aliphatic heterocycles. The summed E-state index contributed by atoms with van der Waals surface area (Å²) in [6.45, 7) is 2.49. The number of hydrogen-bond donors (Lipinski definition) is 2. The Morgan fingerprint density at radius 1 is 1.57 bits per heavy atom. The summed E-state index contributed by atoms with van der Waals surface area (Å²) in [6.07, 6.45) is 3.79. The summed E-state index contributed by atoms with van der Waals surface area (Å²) in [5.41, 5.74) is 5.64. The van der Waals surface area contributed by atoms with Crippen LogP contribution in [0.25, 0.3) is 0 Å². The molecule has 0 aromatic carbocycles. The minimum absolute atomic E-state index is 0.107. The van der Waals surface area contributed by atoms with Gasteiger partial charge in [-0.25, -0.2) is 9.97 Å². The molecule has 1 rings (SSSR count). The molecule has 14 heavy (non-hydrogen) atoms. The Kier molecular flexibility index (Phi) is 3.66. The van der Waals surface area contributed by atoms with E-state index in [2.05, 4.69) is 15.1 Å². The van der Waals surface area contributed by atoms with Crippen LogP contribution in [-0.2, 0) is 0 Å². The number of nitrogens with zero attached hydrogens (tertiary/aromatic N) is 3. The Morgan fingerprint density at radius 3 is 2.93 bits per heavy atom. The molecule has 76 valence electrons. The van der Waals surface area contributed by atoms with Gasteiger partial charge in [-0.05, 0) is 6.42 Å². The van der Waals surface area contributed by atoms with Crippen LogP contribution < -0.4 is 10.5 Å². The fraction of sp³-hybridized carbons (Fsp3) is 0.375. The number of nitrogens with two attached hydrogens (primary N) is 1. The smallest absolute Gasteiger partial charge is 0.243 e. The molecule has 0 aliphatic carbocycles. The minimum Gasteiger partial charge on any atom is -0.476 e. The molecule has 3 N–H and O–H groups in total. The van der Waals surface area contributed by atoms with Gasteiger partial charge in [0.1, 0.15) is 0 Å². The molecule has 0 radical (unpaired) electrons. The Hall–Kier alpha value is -1.85. The number of aromatic nitrogens is 2. The van der Waals surface area contributed by atoms with Crippen molar-refractivity contribution in [3.05, 3.63) is 18.1 Å². The lowest BCUT2D eigenvalue weighted by atomic mass is 10.4. The van der Waals surface area contributed by atoms with Crippen molar-refractivity contribution >= 4 is 5.84 Å². The van der Waals surface area contributed by atoms with Crippen molar-refractivity contribution in [2.24, 2.45) is 10.9 Å². The third kappa shape index (κ3) is 2.32. The largest absolute Gasteiger partial charge is 0.476 e. The van der Waals surface area contributed by atoms with Gasteiger partial charge < -0.3 is 15.7 Å². The van der Waals surface area contributed by atoms with Crippen molar-refractivity contribution in [3.63, 3.8) is 0 Å². The van der Waals surface area contributed by atoms with Gasteiger partial charge in [0.25, 0.3) is 0 Å². The Bertz CT molecular complexity index is 327. The van der Waals surface area contributed by atoms with Crippen LogP contribution in [0.2, 0.25) is 0 Å². The second kappa shape index (κ2) is 5.00. The number of amidine groups is 1. The molecule has 0 aliphatic rings. The molecule has 6 heteroatoms. The van der Waals surface area contributed by atoms with Crippen LogP contribution in [0.1, 0.15) is 19.0 Å².